The number of benzene rings is 3. The molecule has 0 bridgehead atoms. The van der Waals surface area contributed by atoms with Crippen LogP contribution in [0.3, 0.4) is 0 Å². The number of oxazole rings is 1. The molecule has 5 aromatic rings. The second kappa shape index (κ2) is 7.63. The first-order valence-electron chi connectivity index (χ1n) is 11.3. The first kappa shape index (κ1) is 20.5. The average molecular weight is 425 g/mol. The predicted octanol–water partition coefficient (Wildman–Crippen LogP) is 6.82. The summed E-state index contributed by atoms with van der Waals surface area (Å²) in [7, 11) is 2.16. The fraction of sp³-hybridized carbons (Fsp3) is 0.286. The third-order valence-electron chi connectivity index (χ3n) is 6.50. The zero-order valence-corrected chi connectivity index (χ0v) is 19.7. The van der Waals surface area contributed by atoms with Crippen LogP contribution in [-0.4, -0.2) is 9.55 Å². The minimum absolute atomic E-state index is 0.405. The number of fused-ring (bicyclic) bond motifs is 2. The van der Waals surface area contributed by atoms with Crippen molar-refractivity contribution in [3.8, 4) is 17.1 Å². The Labute approximate surface area is 189 Å². The van der Waals surface area contributed by atoms with Crippen molar-refractivity contribution in [2.75, 3.05) is 0 Å². The lowest BCUT2D eigenvalue weighted by molar-refractivity contribution is -0.633. The van der Waals surface area contributed by atoms with E-state index < -0.39 is 0 Å². The summed E-state index contributed by atoms with van der Waals surface area (Å²) < 4.78 is 10.3. The van der Waals surface area contributed by atoms with E-state index >= 15 is 0 Å². The quantitative estimate of drug-likeness (QED) is 0.297. The molecule has 4 nitrogen and oxygen atoms in total. The maximum atomic E-state index is 5.57. The van der Waals surface area contributed by atoms with E-state index in [2.05, 4.69) is 110 Å². The predicted molar refractivity (Wildman–Crippen MR) is 130 cm³/mol. The molecular formula is C28H30N3O+. The highest BCUT2D eigenvalue weighted by Gasteiger charge is 2.31. The van der Waals surface area contributed by atoms with Crippen LogP contribution >= 0.6 is 0 Å². The van der Waals surface area contributed by atoms with Crippen molar-refractivity contribution in [1.82, 2.24) is 9.55 Å². The summed E-state index contributed by atoms with van der Waals surface area (Å²) in [4.78, 5) is 4.44. The standard InChI is InChI=1S/C28H30N3O/c1-17(2)20-10-9-11-21(18(3)4)27(20)31-25-13-8-7-12-24(25)30(6)28(31)22-15-23-26(14-19(22)5)32-16-29-23/h7-18H,1-6H3/q+1. The SMILES string of the molecule is Cc1cc2ocnc2cc1-c1n(-c2c(C(C)C)cccc2C(C)C)c2ccccc2[n+]1C. The minimum Gasteiger partial charge on any atom is -0.443 e. The fourth-order valence-corrected chi connectivity index (χ4v) is 4.86. The maximum absolute atomic E-state index is 5.57. The highest BCUT2D eigenvalue weighted by atomic mass is 16.3. The highest BCUT2D eigenvalue weighted by Crippen LogP contribution is 2.37. The molecule has 0 radical (unpaired) electrons. The third kappa shape index (κ3) is 3.05. The van der Waals surface area contributed by atoms with Crippen LogP contribution in [0.5, 0.6) is 0 Å². The summed E-state index contributed by atoms with van der Waals surface area (Å²) in [5.74, 6) is 1.97. The van der Waals surface area contributed by atoms with E-state index in [4.69, 9.17) is 4.42 Å². The molecule has 162 valence electrons. The number of hydrogen-bond donors (Lipinski definition) is 0. The summed E-state index contributed by atoms with van der Waals surface area (Å²) in [6, 6.07) is 19.7. The van der Waals surface area contributed by atoms with Crippen molar-refractivity contribution in [3.05, 3.63) is 77.7 Å². The van der Waals surface area contributed by atoms with Gasteiger partial charge in [0.05, 0.1) is 12.6 Å². The van der Waals surface area contributed by atoms with Crippen LogP contribution in [0.1, 0.15) is 56.2 Å². The van der Waals surface area contributed by atoms with Gasteiger partial charge in [-0.2, -0.15) is 4.57 Å². The molecule has 0 unspecified atom stereocenters. The molecule has 5 rings (SSSR count). The van der Waals surface area contributed by atoms with Gasteiger partial charge in [0.25, 0.3) is 5.82 Å². The molecule has 32 heavy (non-hydrogen) atoms. The van der Waals surface area contributed by atoms with E-state index in [0.717, 1.165) is 16.9 Å². The van der Waals surface area contributed by atoms with Gasteiger partial charge in [0.2, 0.25) is 0 Å². The molecular weight excluding hydrogens is 394 g/mol. The van der Waals surface area contributed by atoms with Gasteiger partial charge < -0.3 is 4.42 Å². The molecule has 3 aromatic carbocycles. The number of aromatic nitrogens is 3. The van der Waals surface area contributed by atoms with Crippen LogP contribution in [0.4, 0.5) is 0 Å². The molecule has 0 fully saturated rings. The Balaban J connectivity index is 1.97. The van der Waals surface area contributed by atoms with E-state index in [1.165, 1.54) is 45.4 Å². The summed E-state index contributed by atoms with van der Waals surface area (Å²) >= 11 is 0. The Hall–Kier alpha value is -3.40. The minimum atomic E-state index is 0.405. The molecule has 0 aliphatic carbocycles. The lowest BCUT2D eigenvalue weighted by atomic mass is 9.92. The van der Waals surface area contributed by atoms with Crippen LogP contribution in [0.25, 0.3) is 39.2 Å². The van der Waals surface area contributed by atoms with E-state index in [1.807, 2.05) is 0 Å². The Bertz CT molecular complexity index is 1430. The fourth-order valence-electron chi connectivity index (χ4n) is 4.86. The largest absolute Gasteiger partial charge is 0.443 e. The lowest BCUT2D eigenvalue weighted by Gasteiger charge is -2.18. The molecule has 0 atom stereocenters. The molecule has 2 aromatic heterocycles. The normalized spacial score (nSPS) is 12.0. The van der Waals surface area contributed by atoms with E-state index in [-0.39, 0.29) is 0 Å². The number of rotatable bonds is 4. The van der Waals surface area contributed by atoms with Crippen molar-refractivity contribution in [2.24, 2.45) is 7.05 Å². The zero-order chi connectivity index (χ0) is 22.6. The Morgan fingerprint density at radius 3 is 2.28 bits per heavy atom. The Morgan fingerprint density at radius 1 is 0.906 bits per heavy atom. The van der Waals surface area contributed by atoms with Crippen LogP contribution in [0.2, 0.25) is 0 Å². The molecule has 0 spiro atoms. The summed E-state index contributed by atoms with van der Waals surface area (Å²) in [6.07, 6.45) is 1.52. The van der Waals surface area contributed by atoms with E-state index in [1.54, 1.807) is 0 Å². The van der Waals surface area contributed by atoms with Gasteiger partial charge in [-0.25, -0.2) is 9.55 Å². The monoisotopic (exact) mass is 424 g/mol. The molecule has 0 saturated carbocycles. The van der Waals surface area contributed by atoms with E-state index in [9.17, 15) is 0 Å². The number of nitrogens with zero attached hydrogens (tertiary/aromatic N) is 3. The molecule has 0 saturated heterocycles. The van der Waals surface area contributed by atoms with Gasteiger partial charge in [-0.3, -0.25) is 0 Å². The second-order valence-electron chi connectivity index (χ2n) is 9.29. The topological polar surface area (TPSA) is 34.8 Å². The number of imidazole rings is 1. The summed E-state index contributed by atoms with van der Waals surface area (Å²) in [5.41, 5.74) is 10.5. The lowest BCUT2D eigenvalue weighted by Crippen LogP contribution is -2.30. The highest BCUT2D eigenvalue weighted by molar-refractivity contribution is 5.85. The first-order valence-corrected chi connectivity index (χ1v) is 11.3. The number of aryl methyl sites for hydroxylation is 2. The average Bonchev–Trinajstić information content (AvgIpc) is 3.34. The second-order valence-corrected chi connectivity index (χ2v) is 9.29. The summed E-state index contributed by atoms with van der Waals surface area (Å²) in [6.45, 7) is 11.3. The van der Waals surface area contributed by atoms with Gasteiger partial charge in [0, 0.05) is 11.1 Å². The van der Waals surface area contributed by atoms with Gasteiger partial charge >= 0.3 is 0 Å². The molecule has 4 heteroatoms. The van der Waals surface area contributed by atoms with E-state index in [0.29, 0.717) is 11.8 Å². The molecule has 0 aliphatic rings. The molecule has 0 N–H and O–H groups in total. The van der Waals surface area contributed by atoms with Crippen molar-refractivity contribution >= 4 is 22.1 Å². The van der Waals surface area contributed by atoms with Gasteiger partial charge in [0.15, 0.2) is 23.0 Å². The van der Waals surface area contributed by atoms with Crippen LogP contribution in [0, 0.1) is 6.92 Å². The molecule has 0 aliphatic heterocycles. The molecule has 0 amide bonds. The van der Waals surface area contributed by atoms with Crippen LogP contribution in [0.15, 0.2) is 65.4 Å². The van der Waals surface area contributed by atoms with Gasteiger partial charge in [-0.15, -0.1) is 0 Å². The van der Waals surface area contributed by atoms with Crippen molar-refractivity contribution in [1.29, 1.82) is 0 Å². The van der Waals surface area contributed by atoms with Gasteiger partial charge in [-0.1, -0.05) is 58.0 Å². The smallest absolute Gasteiger partial charge is 0.295 e. The van der Waals surface area contributed by atoms with Gasteiger partial charge in [0.1, 0.15) is 11.2 Å². The third-order valence-corrected chi connectivity index (χ3v) is 6.50. The first-order chi connectivity index (χ1) is 15.4. The van der Waals surface area contributed by atoms with Crippen molar-refractivity contribution in [3.63, 3.8) is 0 Å². The summed E-state index contributed by atoms with van der Waals surface area (Å²) in [5, 5.41) is 0. The van der Waals surface area contributed by atoms with Gasteiger partial charge in [-0.05, 0) is 48.6 Å². The number of para-hydroxylation sites is 3. The number of hydrogen-bond acceptors (Lipinski definition) is 2. The van der Waals surface area contributed by atoms with Crippen molar-refractivity contribution in [2.45, 2.75) is 46.5 Å². The molecule has 2 heterocycles. The van der Waals surface area contributed by atoms with Crippen LogP contribution < -0.4 is 4.57 Å². The maximum Gasteiger partial charge on any atom is 0.295 e. The Morgan fingerprint density at radius 2 is 1.59 bits per heavy atom. The zero-order valence-electron chi connectivity index (χ0n) is 19.7. The van der Waals surface area contributed by atoms with Crippen molar-refractivity contribution < 1.29 is 8.98 Å². The van der Waals surface area contributed by atoms with Crippen LogP contribution in [-0.2, 0) is 7.05 Å². The Kier molecular flexibility index (Phi) is 4.89.